The van der Waals surface area contributed by atoms with E-state index >= 15 is 0 Å². The molecule has 0 aromatic heterocycles. The molecule has 1 N–H and O–H groups in total. The fourth-order valence-electron chi connectivity index (χ4n) is 3.16. The van der Waals surface area contributed by atoms with Crippen LogP contribution in [-0.2, 0) is 6.42 Å². The lowest BCUT2D eigenvalue weighted by atomic mass is 9.78. The number of rotatable bonds is 6. The van der Waals surface area contributed by atoms with Crippen LogP contribution < -0.4 is 5.32 Å². The molecular weight excluding hydrogens is 254 g/mol. The predicted octanol–water partition coefficient (Wildman–Crippen LogP) is 4.69. The van der Waals surface area contributed by atoms with Crippen LogP contribution >= 0.6 is 11.6 Å². The molecule has 0 amide bonds. The van der Waals surface area contributed by atoms with Gasteiger partial charge < -0.3 is 5.32 Å². The molecule has 19 heavy (non-hydrogen) atoms. The fraction of sp³-hybridized carbons (Fsp3) is 0.647. The number of benzene rings is 1. The van der Waals surface area contributed by atoms with E-state index < -0.39 is 0 Å². The zero-order valence-electron chi connectivity index (χ0n) is 12.0. The standard InChI is InChI=1S/C17H26ClN/c1-2-19-12-11-14-3-5-15(6-4-14)13-16-7-9-17(18)10-8-16/h7-10,14-15,19H,2-6,11-13H2,1H3. The highest BCUT2D eigenvalue weighted by Crippen LogP contribution is 2.32. The summed E-state index contributed by atoms with van der Waals surface area (Å²) in [5.41, 5.74) is 1.44. The minimum atomic E-state index is 0.843. The SMILES string of the molecule is CCNCCC1CCC(Cc2ccc(Cl)cc2)CC1. The van der Waals surface area contributed by atoms with Gasteiger partial charge in [-0.25, -0.2) is 0 Å². The zero-order chi connectivity index (χ0) is 13.5. The highest BCUT2D eigenvalue weighted by Gasteiger charge is 2.20. The molecule has 0 unspecified atom stereocenters. The largest absolute Gasteiger partial charge is 0.317 e. The van der Waals surface area contributed by atoms with E-state index in [0.29, 0.717) is 0 Å². The Morgan fingerprint density at radius 2 is 1.68 bits per heavy atom. The number of hydrogen-bond acceptors (Lipinski definition) is 1. The molecule has 106 valence electrons. The van der Waals surface area contributed by atoms with Crippen molar-refractivity contribution in [3.05, 3.63) is 34.9 Å². The van der Waals surface area contributed by atoms with E-state index in [4.69, 9.17) is 11.6 Å². The van der Waals surface area contributed by atoms with Gasteiger partial charge in [-0.15, -0.1) is 0 Å². The van der Waals surface area contributed by atoms with Crippen LogP contribution in [0.4, 0.5) is 0 Å². The summed E-state index contributed by atoms with van der Waals surface area (Å²) < 4.78 is 0. The molecule has 1 aliphatic rings. The molecule has 0 aliphatic heterocycles. The second-order valence-corrected chi connectivity index (χ2v) is 6.30. The third-order valence-corrected chi connectivity index (χ3v) is 4.64. The first-order chi connectivity index (χ1) is 9.28. The maximum Gasteiger partial charge on any atom is 0.0406 e. The van der Waals surface area contributed by atoms with Crippen LogP contribution in [0.5, 0.6) is 0 Å². The molecule has 1 aromatic rings. The van der Waals surface area contributed by atoms with Crippen molar-refractivity contribution < 1.29 is 0 Å². The minimum absolute atomic E-state index is 0.843. The van der Waals surface area contributed by atoms with Gasteiger partial charge >= 0.3 is 0 Å². The second-order valence-electron chi connectivity index (χ2n) is 5.86. The van der Waals surface area contributed by atoms with Crippen LogP contribution in [0.1, 0.15) is 44.6 Å². The molecule has 1 aromatic carbocycles. The summed E-state index contributed by atoms with van der Waals surface area (Å²) in [6, 6.07) is 8.39. The van der Waals surface area contributed by atoms with Gasteiger partial charge in [0.1, 0.15) is 0 Å². The minimum Gasteiger partial charge on any atom is -0.317 e. The summed E-state index contributed by atoms with van der Waals surface area (Å²) in [6.07, 6.45) is 8.24. The Hall–Kier alpha value is -0.530. The van der Waals surface area contributed by atoms with Gasteiger partial charge in [-0.05, 0) is 68.3 Å². The first kappa shape index (κ1) is 14.9. The average molecular weight is 280 g/mol. The first-order valence-electron chi connectivity index (χ1n) is 7.73. The van der Waals surface area contributed by atoms with Gasteiger partial charge in [0.25, 0.3) is 0 Å². The summed E-state index contributed by atoms with van der Waals surface area (Å²) in [5.74, 6) is 1.84. The van der Waals surface area contributed by atoms with Crippen molar-refractivity contribution in [1.29, 1.82) is 0 Å². The Morgan fingerprint density at radius 1 is 1.05 bits per heavy atom. The van der Waals surface area contributed by atoms with E-state index in [9.17, 15) is 0 Å². The van der Waals surface area contributed by atoms with Crippen LogP contribution in [0.2, 0.25) is 5.02 Å². The van der Waals surface area contributed by atoms with Crippen molar-refractivity contribution in [2.45, 2.75) is 45.4 Å². The van der Waals surface area contributed by atoms with Crippen LogP contribution in [-0.4, -0.2) is 13.1 Å². The van der Waals surface area contributed by atoms with Crippen LogP contribution in [0.3, 0.4) is 0 Å². The van der Waals surface area contributed by atoms with Gasteiger partial charge in [0, 0.05) is 5.02 Å². The van der Waals surface area contributed by atoms with Crippen molar-refractivity contribution in [1.82, 2.24) is 5.32 Å². The van der Waals surface area contributed by atoms with E-state index in [0.717, 1.165) is 23.4 Å². The van der Waals surface area contributed by atoms with Crippen molar-refractivity contribution in [2.75, 3.05) is 13.1 Å². The quantitative estimate of drug-likeness (QED) is 0.745. The highest BCUT2D eigenvalue weighted by molar-refractivity contribution is 6.30. The predicted molar refractivity (Wildman–Crippen MR) is 83.8 cm³/mol. The first-order valence-corrected chi connectivity index (χ1v) is 8.11. The maximum absolute atomic E-state index is 5.93. The van der Waals surface area contributed by atoms with Crippen molar-refractivity contribution in [2.24, 2.45) is 11.8 Å². The van der Waals surface area contributed by atoms with E-state index in [2.05, 4.69) is 24.4 Å². The molecule has 2 heteroatoms. The topological polar surface area (TPSA) is 12.0 Å². The molecule has 1 saturated carbocycles. The molecule has 0 spiro atoms. The van der Waals surface area contributed by atoms with Crippen LogP contribution in [0.15, 0.2) is 24.3 Å². The van der Waals surface area contributed by atoms with Gasteiger partial charge in [-0.2, -0.15) is 0 Å². The number of hydrogen-bond donors (Lipinski definition) is 1. The summed E-state index contributed by atoms with van der Waals surface area (Å²) in [4.78, 5) is 0. The van der Waals surface area contributed by atoms with Crippen molar-refractivity contribution in [3.63, 3.8) is 0 Å². The van der Waals surface area contributed by atoms with Crippen molar-refractivity contribution >= 4 is 11.6 Å². The summed E-state index contributed by atoms with van der Waals surface area (Å²) >= 11 is 5.93. The zero-order valence-corrected chi connectivity index (χ0v) is 12.8. The van der Waals surface area contributed by atoms with E-state index in [1.807, 2.05) is 12.1 Å². The monoisotopic (exact) mass is 279 g/mol. The van der Waals surface area contributed by atoms with Gasteiger partial charge in [0.05, 0.1) is 0 Å². The Balaban J connectivity index is 1.69. The molecule has 1 aliphatic carbocycles. The lowest BCUT2D eigenvalue weighted by Gasteiger charge is -2.28. The lowest BCUT2D eigenvalue weighted by molar-refractivity contribution is 0.261. The lowest BCUT2D eigenvalue weighted by Crippen LogP contribution is -2.21. The van der Waals surface area contributed by atoms with E-state index in [-0.39, 0.29) is 0 Å². The molecule has 2 rings (SSSR count). The molecule has 0 radical (unpaired) electrons. The molecule has 0 atom stereocenters. The van der Waals surface area contributed by atoms with E-state index in [1.165, 1.54) is 50.6 Å². The van der Waals surface area contributed by atoms with E-state index in [1.54, 1.807) is 0 Å². The van der Waals surface area contributed by atoms with Gasteiger partial charge in [0.2, 0.25) is 0 Å². The normalized spacial score (nSPS) is 23.5. The van der Waals surface area contributed by atoms with Gasteiger partial charge in [-0.3, -0.25) is 0 Å². The van der Waals surface area contributed by atoms with Gasteiger partial charge in [-0.1, -0.05) is 43.5 Å². The molecular formula is C17H26ClN. The third kappa shape index (κ3) is 5.16. The molecule has 0 saturated heterocycles. The summed E-state index contributed by atoms with van der Waals surface area (Å²) in [5, 5.41) is 4.28. The van der Waals surface area contributed by atoms with Crippen LogP contribution in [0, 0.1) is 11.8 Å². The maximum atomic E-state index is 5.93. The summed E-state index contributed by atoms with van der Waals surface area (Å²) in [6.45, 7) is 4.48. The molecule has 1 fully saturated rings. The van der Waals surface area contributed by atoms with Crippen molar-refractivity contribution in [3.8, 4) is 0 Å². The number of nitrogens with one attached hydrogen (secondary N) is 1. The highest BCUT2D eigenvalue weighted by atomic mass is 35.5. The second kappa shape index (κ2) is 7.91. The molecule has 0 bridgehead atoms. The Morgan fingerprint density at radius 3 is 2.32 bits per heavy atom. The smallest absolute Gasteiger partial charge is 0.0406 e. The fourth-order valence-corrected chi connectivity index (χ4v) is 3.29. The Kier molecular flexibility index (Phi) is 6.19. The molecule has 0 heterocycles. The molecule has 1 nitrogen and oxygen atoms in total. The van der Waals surface area contributed by atoms with Crippen LogP contribution in [0.25, 0.3) is 0 Å². The third-order valence-electron chi connectivity index (χ3n) is 4.38. The average Bonchev–Trinajstić information content (AvgIpc) is 2.44. The Labute approximate surface area is 122 Å². The number of halogens is 1. The summed E-state index contributed by atoms with van der Waals surface area (Å²) in [7, 11) is 0. The van der Waals surface area contributed by atoms with Gasteiger partial charge in [0.15, 0.2) is 0 Å². The Bertz CT molecular complexity index is 352.